The van der Waals surface area contributed by atoms with Gasteiger partial charge < -0.3 is 14.8 Å². The lowest BCUT2D eigenvalue weighted by atomic mass is 10.2. The Morgan fingerprint density at radius 1 is 1.08 bits per heavy atom. The Bertz CT molecular complexity index is 783. The summed E-state index contributed by atoms with van der Waals surface area (Å²) in [5.74, 6) is 0.0279. The van der Waals surface area contributed by atoms with E-state index in [1.54, 1.807) is 37.3 Å². The first-order chi connectivity index (χ1) is 12.6. The lowest BCUT2D eigenvalue weighted by Crippen LogP contribution is -2.10. The lowest BCUT2D eigenvalue weighted by molar-refractivity contribution is -0.111. The van der Waals surface area contributed by atoms with Crippen LogP contribution in [0.1, 0.15) is 36.2 Å². The fourth-order valence-electron chi connectivity index (χ4n) is 2.25. The van der Waals surface area contributed by atoms with E-state index in [0.29, 0.717) is 24.5 Å². The Labute approximate surface area is 153 Å². The molecule has 0 aliphatic heterocycles. The second-order valence-corrected chi connectivity index (χ2v) is 5.51. The number of esters is 1. The maximum absolute atomic E-state index is 12.2. The number of amides is 1. The van der Waals surface area contributed by atoms with Crippen molar-refractivity contribution in [2.24, 2.45) is 0 Å². The molecule has 0 aliphatic carbocycles. The van der Waals surface area contributed by atoms with E-state index >= 15 is 0 Å². The van der Waals surface area contributed by atoms with Crippen LogP contribution in [0, 0.1) is 0 Å². The quantitative estimate of drug-likeness (QED) is 0.567. The molecule has 2 aromatic carbocycles. The summed E-state index contributed by atoms with van der Waals surface area (Å²) in [6.45, 7) is 4.71. The Morgan fingerprint density at radius 3 is 2.65 bits per heavy atom. The number of anilines is 1. The van der Waals surface area contributed by atoms with Crippen molar-refractivity contribution in [2.75, 3.05) is 18.5 Å². The average molecular weight is 353 g/mol. The van der Waals surface area contributed by atoms with Crippen molar-refractivity contribution in [1.29, 1.82) is 0 Å². The zero-order valence-electron chi connectivity index (χ0n) is 15.0. The summed E-state index contributed by atoms with van der Waals surface area (Å²) in [5, 5.41) is 2.74. The molecule has 0 fully saturated rings. The van der Waals surface area contributed by atoms with Crippen LogP contribution in [-0.4, -0.2) is 25.1 Å². The van der Waals surface area contributed by atoms with Gasteiger partial charge in [-0.15, -0.1) is 0 Å². The smallest absolute Gasteiger partial charge is 0.338 e. The lowest BCUT2D eigenvalue weighted by Gasteiger charge is -2.08. The third-order valence-electron chi connectivity index (χ3n) is 3.44. The number of benzene rings is 2. The predicted octanol–water partition coefficient (Wildman–Crippen LogP) is 4.30. The van der Waals surface area contributed by atoms with Crippen LogP contribution >= 0.6 is 0 Å². The van der Waals surface area contributed by atoms with Crippen molar-refractivity contribution in [3.05, 3.63) is 65.7 Å². The van der Waals surface area contributed by atoms with Crippen LogP contribution in [0.5, 0.6) is 5.75 Å². The van der Waals surface area contributed by atoms with Gasteiger partial charge in [-0.25, -0.2) is 4.79 Å². The third-order valence-corrected chi connectivity index (χ3v) is 3.44. The van der Waals surface area contributed by atoms with E-state index < -0.39 is 5.97 Å². The molecule has 0 radical (unpaired) electrons. The van der Waals surface area contributed by atoms with Gasteiger partial charge in [-0.05, 0) is 43.7 Å². The number of carbonyl (C=O) groups is 2. The second kappa shape index (κ2) is 10.0. The summed E-state index contributed by atoms with van der Waals surface area (Å²) < 4.78 is 10.6. The van der Waals surface area contributed by atoms with Gasteiger partial charge in [-0.3, -0.25) is 4.79 Å². The highest BCUT2D eigenvalue weighted by atomic mass is 16.5. The summed E-state index contributed by atoms with van der Waals surface area (Å²) in [5.41, 5.74) is 1.75. The SMILES string of the molecule is CCCOc1ccccc1C=CC(=O)Nc1cccc(C(=O)OCC)c1. The van der Waals surface area contributed by atoms with E-state index in [1.165, 1.54) is 6.08 Å². The first kappa shape index (κ1) is 19.2. The number of hydrogen-bond donors (Lipinski definition) is 1. The molecule has 1 amide bonds. The van der Waals surface area contributed by atoms with E-state index in [0.717, 1.165) is 17.7 Å². The molecule has 0 atom stereocenters. The molecule has 136 valence electrons. The van der Waals surface area contributed by atoms with Crippen LogP contribution in [0.25, 0.3) is 6.08 Å². The number of rotatable bonds is 8. The standard InChI is InChI=1S/C21H23NO4/c1-3-14-26-19-11-6-5-8-16(19)12-13-20(23)22-18-10-7-9-17(15-18)21(24)25-4-2/h5-13,15H,3-4,14H2,1-2H3,(H,22,23). The Morgan fingerprint density at radius 2 is 1.88 bits per heavy atom. The molecule has 0 unspecified atom stereocenters. The normalized spacial score (nSPS) is 10.5. The van der Waals surface area contributed by atoms with Crippen molar-refractivity contribution in [1.82, 2.24) is 0 Å². The summed E-state index contributed by atoms with van der Waals surface area (Å²) in [4.78, 5) is 23.9. The van der Waals surface area contributed by atoms with Crippen LogP contribution in [0.15, 0.2) is 54.6 Å². The van der Waals surface area contributed by atoms with Crippen LogP contribution in [0.2, 0.25) is 0 Å². The van der Waals surface area contributed by atoms with Gasteiger partial charge in [0.15, 0.2) is 0 Å². The zero-order chi connectivity index (χ0) is 18.8. The number of para-hydroxylation sites is 1. The molecule has 2 aromatic rings. The van der Waals surface area contributed by atoms with E-state index in [4.69, 9.17) is 9.47 Å². The van der Waals surface area contributed by atoms with Crippen LogP contribution < -0.4 is 10.1 Å². The van der Waals surface area contributed by atoms with Crippen LogP contribution in [0.3, 0.4) is 0 Å². The van der Waals surface area contributed by atoms with E-state index in [9.17, 15) is 9.59 Å². The van der Waals surface area contributed by atoms with Gasteiger partial charge in [0.05, 0.1) is 18.8 Å². The van der Waals surface area contributed by atoms with Gasteiger partial charge in [0.2, 0.25) is 5.91 Å². The van der Waals surface area contributed by atoms with E-state index in [2.05, 4.69) is 5.32 Å². The Kier molecular flexibility index (Phi) is 7.43. The molecule has 5 heteroatoms. The van der Waals surface area contributed by atoms with E-state index in [1.807, 2.05) is 31.2 Å². The highest BCUT2D eigenvalue weighted by Crippen LogP contribution is 2.20. The first-order valence-corrected chi connectivity index (χ1v) is 8.62. The third kappa shape index (κ3) is 5.77. The molecular weight excluding hydrogens is 330 g/mol. The van der Waals surface area contributed by atoms with Gasteiger partial charge >= 0.3 is 5.97 Å². The van der Waals surface area contributed by atoms with Gasteiger partial charge in [0.1, 0.15) is 5.75 Å². The minimum absolute atomic E-state index is 0.295. The van der Waals surface area contributed by atoms with Gasteiger partial charge in [-0.2, -0.15) is 0 Å². The molecule has 0 saturated heterocycles. The summed E-state index contributed by atoms with van der Waals surface area (Å²) >= 11 is 0. The molecule has 2 rings (SSSR count). The van der Waals surface area contributed by atoms with Crippen molar-refractivity contribution in [3.8, 4) is 5.75 Å². The summed E-state index contributed by atoms with van der Waals surface area (Å²) in [7, 11) is 0. The topological polar surface area (TPSA) is 64.6 Å². The molecular formula is C21H23NO4. The number of nitrogens with one attached hydrogen (secondary N) is 1. The summed E-state index contributed by atoms with van der Waals surface area (Å²) in [6, 6.07) is 14.2. The van der Waals surface area contributed by atoms with Crippen molar-refractivity contribution in [2.45, 2.75) is 20.3 Å². The van der Waals surface area contributed by atoms with E-state index in [-0.39, 0.29) is 5.91 Å². The van der Waals surface area contributed by atoms with Crippen molar-refractivity contribution >= 4 is 23.6 Å². The maximum Gasteiger partial charge on any atom is 0.338 e. The minimum Gasteiger partial charge on any atom is -0.493 e. The van der Waals surface area contributed by atoms with Gasteiger partial charge in [0.25, 0.3) is 0 Å². The first-order valence-electron chi connectivity index (χ1n) is 8.62. The molecule has 5 nitrogen and oxygen atoms in total. The number of hydrogen-bond acceptors (Lipinski definition) is 4. The maximum atomic E-state index is 12.2. The molecule has 0 saturated carbocycles. The van der Waals surface area contributed by atoms with Crippen LogP contribution in [0.4, 0.5) is 5.69 Å². The fraction of sp³-hybridized carbons (Fsp3) is 0.238. The zero-order valence-corrected chi connectivity index (χ0v) is 15.0. The Hall–Kier alpha value is -3.08. The molecule has 0 aliphatic rings. The summed E-state index contributed by atoms with van der Waals surface area (Å²) in [6.07, 6.45) is 4.05. The number of ether oxygens (including phenoxy) is 2. The van der Waals surface area contributed by atoms with Crippen molar-refractivity contribution < 1.29 is 19.1 Å². The highest BCUT2D eigenvalue weighted by Gasteiger charge is 2.07. The molecule has 26 heavy (non-hydrogen) atoms. The molecule has 0 heterocycles. The number of carbonyl (C=O) groups excluding carboxylic acids is 2. The molecule has 0 bridgehead atoms. The Balaban J connectivity index is 2.04. The highest BCUT2D eigenvalue weighted by molar-refractivity contribution is 6.02. The average Bonchev–Trinajstić information content (AvgIpc) is 2.65. The van der Waals surface area contributed by atoms with Crippen molar-refractivity contribution in [3.63, 3.8) is 0 Å². The minimum atomic E-state index is -0.416. The second-order valence-electron chi connectivity index (χ2n) is 5.51. The molecule has 1 N–H and O–H groups in total. The van der Waals surface area contributed by atoms with Gasteiger partial charge in [-0.1, -0.05) is 31.2 Å². The van der Waals surface area contributed by atoms with Gasteiger partial charge in [0, 0.05) is 17.3 Å². The molecule has 0 aromatic heterocycles. The monoisotopic (exact) mass is 353 g/mol. The predicted molar refractivity (Wildman–Crippen MR) is 102 cm³/mol. The largest absolute Gasteiger partial charge is 0.493 e. The van der Waals surface area contributed by atoms with Crippen LogP contribution in [-0.2, 0) is 9.53 Å². The molecule has 0 spiro atoms. The fourth-order valence-corrected chi connectivity index (χ4v) is 2.25.